The summed E-state index contributed by atoms with van der Waals surface area (Å²) < 4.78 is 24.2. The van der Waals surface area contributed by atoms with E-state index in [9.17, 15) is 29.3 Å². The molecule has 3 N–H and O–H groups in total. The van der Waals surface area contributed by atoms with Gasteiger partial charge in [-0.2, -0.15) is 0 Å². The molecule has 0 radical (unpaired) electrons. The van der Waals surface area contributed by atoms with Gasteiger partial charge in [-0.15, -0.1) is 0 Å². The molecule has 0 heterocycles. The molecule has 10 heteroatoms. The minimum atomic E-state index is -4.94. The molecule has 50 heavy (non-hydrogen) atoms. The third-order valence-corrected chi connectivity index (χ3v) is 10.8. The fourth-order valence-electron chi connectivity index (χ4n) is 6.43. The Balaban J connectivity index is 5.06. The molecule has 0 aromatic heterocycles. The summed E-state index contributed by atoms with van der Waals surface area (Å²) in [5, 5.41) is 20.9. The molecule has 0 saturated carbocycles. The number of quaternary nitrogens is 1. The van der Waals surface area contributed by atoms with Crippen molar-refractivity contribution in [2.75, 3.05) is 40.9 Å². The van der Waals surface area contributed by atoms with Crippen molar-refractivity contribution < 1.29 is 42.8 Å². The lowest BCUT2D eigenvalue weighted by atomic mass is 9.87. The monoisotopic (exact) mass is 737 g/mol. The second kappa shape index (κ2) is 30.8. The number of Topliss-reactive ketones (excluding diaryl/α,β-unsaturated/α-hetero) is 2. The highest BCUT2D eigenvalue weighted by Crippen LogP contribution is 2.49. The first kappa shape index (κ1) is 49.3. The molecule has 0 saturated heterocycles. The van der Waals surface area contributed by atoms with Crippen LogP contribution in [0, 0.1) is 0 Å². The van der Waals surface area contributed by atoms with Crippen LogP contribution in [0.25, 0.3) is 0 Å². The van der Waals surface area contributed by atoms with Gasteiger partial charge in [-0.05, 0) is 12.8 Å². The summed E-state index contributed by atoms with van der Waals surface area (Å²) >= 11 is 0. The topological polar surface area (TPSA) is 130 Å². The lowest BCUT2D eigenvalue weighted by molar-refractivity contribution is -0.870. The van der Waals surface area contributed by atoms with E-state index in [1.54, 1.807) is 0 Å². The molecule has 0 bridgehead atoms. The van der Waals surface area contributed by atoms with E-state index in [2.05, 4.69) is 13.8 Å². The highest BCUT2D eigenvalue weighted by Gasteiger charge is 2.55. The normalized spacial score (nSPS) is 15.1. The number of likely N-dealkylation sites (N-methyl/N-ethyl adjacent to an activating group) is 1. The lowest BCUT2D eigenvalue weighted by Gasteiger charge is -2.35. The number of carbonyl (C=O) groups excluding carboxylic acids is 2. The van der Waals surface area contributed by atoms with E-state index < -0.39 is 37.7 Å². The summed E-state index contributed by atoms with van der Waals surface area (Å²) in [6, 6.07) is 0. The maximum absolute atomic E-state index is 13.7. The average molecular weight is 737 g/mol. The number of hydrogen-bond acceptors (Lipinski definition) is 7. The van der Waals surface area contributed by atoms with Crippen LogP contribution < -0.4 is 0 Å². The van der Waals surface area contributed by atoms with Crippen LogP contribution in [0.4, 0.5) is 0 Å². The molecule has 0 aliphatic heterocycles. The largest absolute Gasteiger partial charge is 0.473 e. The van der Waals surface area contributed by atoms with Gasteiger partial charge in [-0.1, -0.05) is 168 Å². The number of hydrogen-bond donors (Lipinski definition) is 3. The number of phosphoric acid groups is 1. The number of rotatable bonds is 38. The van der Waals surface area contributed by atoms with Crippen LogP contribution in [0.15, 0.2) is 0 Å². The molecule has 0 aromatic rings. The zero-order valence-corrected chi connectivity index (χ0v) is 34.2. The van der Waals surface area contributed by atoms with Gasteiger partial charge in [0.15, 0.2) is 11.6 Å². The molecule has 0 amide bonds. The molecular formula is C40H81NO8P+. The van der Waals surface area contributed by atoms with Crippen LogP contribution in [0.2, 0.25) is 0 Å². The van der Waals surface area contributed by atoms with E-state index in [-0.39, 0.29) is 19.4 Å². The Bertz CT molecular complexity index is 836. The average Bonchev–Trinajstić information content (AvgIpc) is 3.06. The van der Waals surface area contributed by atoms with Gasteiger partial charge in [0.25, 0.3) is 0 Å². The Morgan fingerprint density at radius 2 is 1.06 bits per heavy atom. The van der Waals surface area contributed by atoms with Crippen molar-refractivity contribution in [1.29, 1.82) is 0 Å². The van der Waals surface area contributed by atoms with E-state index in [1.165, 1.54) is 103 Å². The van der Waals surface area contributed by atoms with Gasteiger partial charge in [0.2, 0.25) is 5.60 Å². The van der Waals surface area contributed by atoms with E-state index in [0.29, 0.717) is 23.9 Å². The van der Waals surface area contributed by atoms with Crippen molar-refractivity contribution in [1.82, 2.24) is 0 Å². The number of nitrogens with zero attached hydrogens (tertiary/aromatic N) is 1. The standard InChI is InChI=1S/C40H80NO8P/c1-6-8-10-12-14-16-18-20-22-24-26-28-30-32-37(43)40(39(45)36-42,49-50(46,47)48-35-34-41(3,4)5)38(44)33-31-29-27-25-23-21-19-17-15-13-11-9-7-2/h39,42,45H,6-36H2,1-5H3/p+1/t39-/m0/s1/i32+2/t39-,40?. The molecule has 0 spiro atoms. The van der Waals surface area contributed by atoms with E-state index >= 15 is 0 Å². The SMILES string of the molecule is CCCCCCCCCCCCCCCC(=O)C(OP(=O)(O)OCC[N+](C)(C)C)(C(=O)[14CH2]CCCCCCCCCCCCCC)[C@@H](O)CO. The molecule has 3 atom stereocenters. The van der Waals surface area contributed by atoms with Gasteiger partial charge in [-0.25, -0.2) is 4.57 Å². The van der Waals surface area contributed by atoms with Crippen molar-refractivity contribution in [3.63, 3.8) is 0 Å². The summed E-state index contributed by atoms with van der Waals surface area (Å²) in [6.07, 6.45) is 27.2. The maximum atomic E-state index is 13.7. The molecular weight excluding hydrogens is 655 g/mol. The summed E-state index contributed by atoms with van der Waals surface area (Å²) in [5.41, 5.74) is -2.65. The molecule has 0 aromatic carbocycles. The van der Waals surface area contributed by atoms with Crippen molar-refractivity contribution >= 4 is 19.4 Å². The maximum Gasteiger partial charge on any atom is 0.473 e. The Morgan fingerprint density at radius 3 is 1.44 bits per heavy atom. The van der Waals surface area contributed by atoms with Crippen molar-refractivity contribution in [3.8, 4) is 0 Å². The van der Waals surface area contributed by atoms with Crippen LogP contribution in [0.1, 0.15) is 194 Å². The smallest absolute Gasteiger partial charge is 0.394 e. The summed E-state index contributed by atoms with van der Waals surface area (Å²) in [6.45, 7) is 3.73. The van der Waals surface area contributed by atoms with Crippen LogP contribution >= 0.6 is 7.82 Å². The fourth-order valence-corrected chi connectivity index (χ4v) is 7.49. The van der Waals surface area contributed by atoms with Crippen LogP contribution in [0.5, 0.6) is 0 Å². The summed E-state index contributed by atoms with van der Waals surface area (Å²) in [7, 11) is 0.739. The highest BCUT2D eigenvalue weighted by molar-refractivity contribution is 7.47. The van der Waals surface area contributed by atoms with Crippen molar-refractivity contribution in [2.45, 2.75) is 205 Å². The van der Waals surface area contributed by atoms with Gasteiger partial charge < -0.3 is 19.6 Å². The number of phosphoric ester groups is 1. The van der Waals surface area contributed by atoms with Crippen LogP contribution in [0.3, 0.4) is 0 Å². The molecule has 0 rings (SSSR count). The van der Waals surface area contributed by atoms with Gasteiger partial charge in [0.05, 0.1) is 27.7 Å². The Labute approximate surface area is 307 Å². The zero-order chi connectivity index (χ0) is 37.6. The molecule has 0 aliphatic rings. The number of carbonyl (C=O) groups is 2. The number of aliphatic hydroxyl groups excluding tert-OH is 2. The van der Waals surface area contributed by atoms with Crippen molar-refractivity contribution in [2.24, 2.45) is 0 Å². The van der Waals surface area contributed by atoms with E-state index in [1.807, 2.05) is 21.1 Å². The molecule has 2 unspecified atom stereocenters. The molecule has 0 aliphatic carbocycles. The highest BCUT2D eigenvalue weighted by atomic mass is 31.2. The van der Waals surface area contributed by atoms with Crippen LogP contribution in [-0.4, -0.2) is 83.8 Å². The third kappa shape index (κ3) is 25.3. The van der Waals surface area contributed by atoms with Gasteiger partial charge in [0.1, 0.15) is 19.3 Å². The first-order valence-electron chi connectivity index (χ1n) is 20.7. The zero-order valence-electron chi connectivity index (χ0n) is 33.3. The molecule has 9 nitrogen and oxygen atoms in total. The second-order valence-electron chi connectivity index (χ2n) is 15.7. The predicted octanol–water partition coefficient (Wildman–Crippen LogP) is 10.0. The Morgan fingerprint density at radius 1 is 0.680 bits per heavy atom. The molecule has 298 valence electrons. The van der Waals surface area contributed by atoms with E-state index in [0.717, 1.165) is 51.4 Å². The minimum absolute atomic E-state index is 0.0992. The molecule has 0 fully saturated rings. The number of aliphatic hydroxyl groups is 2. The number of ketones is 2. The summed E-state index contributed by atoms with van der Waals surface area (Å²) in [5.74, 6) is -1.54. The first-order valence-corrected chi connectivity index (χ1v) is 22.2. The minimum Gasteiger partial charge on any atom is -0.394 e. The second-order valence-corrected chi connectivity index (χ2v) is 17.1. The Kier molecular flexibility index (Phi) is 30.3. The number of unbranched alkanes of at least 4 members (excludes halogenated alkanes) is 24. The lowest BCUT2D eigenvalue weighted by Crippen LogP contribution is -2.58. The first-order chi connectivity index (χ1) is 23.9. The fraction of sp³-hybridized carbons (Fsp3) is 0.950. The quantitative estimate of drug-likeness (QED) is 0.0247. The van der Waals surface area contributed by atoms with Crippen molar-refractivity contribution in [3.05, 3.63) is 0 Å². The van der Waals surface area contributed by atoms with E-state index in [4.69, 9.17) is 9.05 Å². The van der Waals surface area contributed by atoms with Gasteiger partial charge in [-0.3, -0.25) is 18.6 Å². The third-order valence-electron chi connectivity index (χ3n) is 9.76. The summed E-state index contributed by atoms with van der Waals surface area (Å²) in [4.78, 5) is 38.2. The Hall–Kier alpha value is -0.670. The van der Waals surface area contributed by atoms with Gasteiger partial charge in [0, 0.05) is 12.8 Å². The van der Waals surface area contributed by atoms with Gasteiger partial charge >= 0.3 is 7.82 Å². The predicted molar refractivity (Wildman–Crippen MR) is 206 cm³/mol. The van der Waals surface area contributed by atoms with Crippen LogP contribution in [-0.2, 0) is 23.2 Å².